The first-order chi connectivity index (χ1) is 13.0. The average Bonchev–Trinajstić information content (AvgIpc) is 3.00. The van der Waals surface area contributed by atoms with Gasteiger partial charge < -0.3 is 0 Å². The van der Waals surface area contributed by atoms with Gasteiger partial charge in [-0.25, -0.2) is 9.37 Å². The molecule has 3 aromatic rings. The van der Waals surface area contributed by atoms with E-state index in [2.05, 4.69) is 15.4 Å². The van der Waals surface area contributed by atoms with Gasteiger partial charge in [-0.1, -0.05) is 23.1 Å². The Morgan fingerprint density at radius 2 is 2.07 bits per heavy atom. The smallest absolute Gasteiger partial charge is 0.277 e. The van der Waals surface area contributed by atoms with Crippen molar-refractivity contribution in [2.24, 2.45) is 0 Å². The van der Waals surface area contributed by atoms with Crippen LogP contribution in [0, 0.1) is 24.1 Å². The summed E-state index contributed by atoms with van der Waals surface area (Å²) in [6.07, 6.45) is 0. The maximum absolute atomic E-state index is 13.1. The molecule has 0 aliphatic rings. The minimum Gasteiger partial charge on any atom is -0.296 e. The number of benzene rings is 1. The minimum atomic E-state index is -0.531. The Labute approximate surface area is 161 Å². The molecule has 0 saturated heterocycles. The van der Waals surface area contributed by atoms with E-state index in [0.717, 1.165) is 14.6 Å². The second-order valence-electron chi connectivity index (χ2n) is 5.24. The summed E-state index contributed by atoms with van der Waals surface area (Å²) in [5, 5.41) is 15.7. The molecule has 2 heterocycles. The zero-order valence-electron chi connectivity index (χ0n) is 14.0. The Balaban J connectivity index is 1.83. The van der Waals surface area contributed by atoms with Crippen LogP contribution in [-0.4, -0.2) is 26.4 Å². The summed E-state index contributed by atoms with van der Waals surface area (Å²) in [6.45, 7) is 1.79. The lowest BCUT2D eigenvalue weighted by atomic mass is 10.3. The number of hydrogen-bond donors (Lipinski definition) is 1. The van der Waals surface area contributed by atoms with Gasteiger partial charge in [0.2, 0.25) is 0 Å². The highest BCUT2D eigenvalue weighted by Crippen LogP contribution is 2.31. The van der Waals surface area contributed by atoms with Crippen molar-refractivity contribution in [2.45, 2.75) is 11.1 Å². The lowest BCUT2D eigenvalue weighted by Gasteiger charge is -2.06. The molecule has 0 aliphatic carbocycles. The molecule has 0 bridgehead atoms. The second kappa shape index (κ2) is 8.11. The summed E-state index contributed by atoms with van der Waals surface area (Å²) < 4.78 is 14.9. The number of amides is 1. The highest BCUT2D eigenvalue weighted by Gasteiger charge is 2.15. The van der Waals surface area contributed by atoms with E-state index < -0.39 is 17.3 Å². The number of nitriles is 1. The van der Waals surface area contributed by atoms with Crippen LogP contribution in [0.4, 0.5) is 9.52 Å². The van der Waals surface area contributed by atoms with Crippen molar-refractivity contribution in [1.82, 2.24) is 14.8 Å². The Morgan fingerprint density at radius 1 is 1.33 bits per heavy atom. The van der Waals surface area contributed by atoms with Gasteiger partial charge in [0.25, 0.3) is 11.5 Å². The van der Waals surface area contributed by atoms with Crippen LogP contribution < -0.4 is 10.9 Å². The van der Waals surface area contributed by atoms with Crippen molar-refractivity contribution in [2.75, 3.05) is 11.1 Å². The molecule has 0 atom stereocenters. The number of anilines is 1. The zero-order valence-corrected chi connectivity index (χ0v) is 15.6. The van der Waals surface area contributed by atoms with Crippen molar-refractivity contribution < 1.29 is 9.18 Å². The monoisotopic (exact) mass is 401 g/mol. The molecular formula is C17H12FN5O2S2. The van der Waals surface area contributed by atoms with Crippen molar-refractivity contribution in [3.63, 3.8) is 0 Å². The van der Waals surface area contributed by atoms with Crippen LogP contribution in [0.1, 0.15) is 16.2 Å². The van der Waals surface area contributed by atoms with Gasteiger partial charge in [0.15, 0.2) is 5.13 Å². The summed E-state index contributed by atoms with van der Waals surface area (Å²) in [7, 11) is 0. The maximum atomic E-state index is 13.1. The first-order valence-electron chi connectivity index (χ1n) is 7.63. The third-order valence-electron chi connectivity index (χ3n) is 3.35. The molecule has 136 valence electrons. The van der Waals surface area contributed by atoms with E-state index in [-0.39, 0.29) is 5.69 Å². The van der Waals surface area contributed by atoms with Crippen LogP contribution in [-0.2, 0) is 0 Å². The molecule has 0 fully saturated rings. The summed E-state index contributed by atoms with van der Waals surface area (Å²) >= 11 is 2.60. The fourth-order valence-electron chi connectivity index (χ4n) is 2.13. The summed E-state index contributed by atoms with van der Waals surface area (Å²) in [5.41, 5.74) is 0.632. The van der Waals surface area contributed by atoms with E-state index in [9.17, 15) is 14.0 Å². The number of thiazole rings is 1. The van der Waals surface area contributed by atoms with Gasteiger partial charge in [-0.05, 0) is 37.3 Å². The Kier molecular flexibility index (Phi) is 5.63. The standard InChI is InChI=1S/C17H12FN5O2S2/c1-10-16(26-9-8-19)27-17(20-10)21-15(25)13-6-7-14(24)23(22-13)12-4-2-11(18)3-5-12/h2-7H,9H2,1H3,(H,20,21,25). The molecule has 2 aromatic heterocycles. The van der Waals surface area contributed by atoms with Crippen LogP contribution in [0.3, 0.4) is 0 Å². The minimum absolute atomic E-state index is 0.0120. The number of rotatable bonds is 5. The molecule has 0 aliphatic heterocycles. The molecule has 27 heavy (non-hydrogen) atoms. The average molecular weight is 401 g/mol. The first-order valence-corrected chi connectivity index (χ1v) is 9.43. The highest BCUT2D eigenvalue weighted by atomic mass is 32.2. The van der Waals surface area contributed by atoms with Gasteiger partial charge in [0.05, 0.1) is 27.4 Å². The van der Waals surface area contributed by atoms with Crippen LogP contribution in [0.25, 0.3) is 5.69 Å². The normalized spacial score (nSPS) is 10.4. The molecule has 1 amide bonds. The molecule has 1 aromatic carbocycles. The number of halogens is 1. The lowest BCUT2D eigenvalue weighted by molar-refractivity contribution is 0.102. The SMILES string of the molecule is Cc1nc(NC(=O)c2ccc(=O)n(-c3ccc(F)cc3)n2)sc1SCC#N. The number of carbonyl (C=O) groups excluding carboxylic acids is 1. The highest BCUT2D eigenvalue weighted by molar-refractivity contribution is 8.01. The molecular weight excluding hydrogens is 389 g/mol. The van der Waals surface area contributed by atoms with E-state index in [1.165, 1.54) is 59.5 Å². The fourth-order valence-corrected chi connectivity index (χ4v) is 3.92. The first kappa shape index (κ1) is 18.8. The number of aryl methyl sites for hydroxylation is 1. The molecule has 1 N–H and O–H groups in total. The van der Waals surface area contributed by atoms with Crippen molar-refractivity contribution in [3.05, 3.63) is 64.0 Å². The van der Waals surface area contributed by atoms with Gasteiger partial charge in [-0.2, -0.15) is 15.0 Å². The van der Waals surface area contributed by atoms with Gasteiger partial charge in [-0.3, -0.25) is 14.9 Å². The number of nitrogens with one attached hydrogen (secondary N) is 1. The molecule has 3 rings (SSSR count). The van der Waals surface area contributed by atoms with Crippen LogP contribution >= 0.6 is 23.1 Å². The van der Waals surface area contributed by atoms with Crippen LogP contribution in [0.15, 0.2) is 45.4 Å². The van der Waals surface area contributed by atoms with E-state index in [1.807, 2.05) is 6.07 Å². The molecule has 7 nitrogen and oxygen atoms in total. The van der Waals surface area contributed by atoms with E-state index in [0.29, 0.717) is 16.6 Å². The Hall–Kier alpha value is -3.03. The van der Waals surface area contributed by atoms with Crippen LogP contribution in [0.2, 0.25) is 0 Å². The number of carbonyl (C=O) groups is 1. The van der Waals surface area contributed by atoms with Gasteiger partial charge in [0, 0.05) is 6.07 Å². The topological polar surface area (TPSA) is 101 Å². The summed E-state index contributed by atoms with van der Waals surface area (Å²) in [4.78, 5) is 28.7. The maximum Gasteiger partial charge on any atom is 0.277 e. The zero-order chi connectivity index (χ0) is 19.4. The third kappa shape index (κ3) is 4.39. The van der Waals surface area contributed by atoms with Crippen molar-refractivity contribution in [1.29, 1.82) is 5.26 Å². The van der Waals surface area contributed by atoms with Crippen molar-refractivity contribution >= 4 is 34.1 Å². The quantitative estimate of drug-likeness (QED) is 0.660. The third-order valence-corrected chi connectivity index (χ3v) is 5.65. The van der Waals surface area contributed by atoms with Crippen molar-refractivity contribution in [3.8, 4) is 11.8 Å². The van der Waals surface area contributed by atoms with Crippen LogP contribution in [0.5, 0.6) is 0 Å². The van der Waals surface area contributed by atoms with E-state index >= 15 is 0 Å². The van der Waals surface area contributed by atoms with E-state index in [1.54, 1.807) is 6.92 Å². The second-order valence-corrected chi connectivity index (χ2v) is 7.48. The number of hydrogen-bond acceptors (Lipinski definition) is 7. The number of aromatic nitrogens is 3. The van der Waals surface area contributed by atoms with Gasteiger partial charge in [0.1, 0.15) is 11.5 Å². The fraction of sp³-hybridized carbons (Fsp3) is 0.118. The Bertz CT molecular complexity index is 1090. The largest absolute Gasteiger partial charge is 0.296 e. The lowest BCUT2D eigenvalue weighted by Crippen LogP contribution is -2.24. The van der Waals surface area contributed by atoms with E-state index in [4.69, 9.17) is 5.26 Å². The summed E-state index contributed by atoms with van der Waals surface area (Å²) in [5.74, 6) is -0.679. The Morgan fingerprint density at radius 3 is 2.78 bits per heavy atom. The molecule has 0 saturated carbocycles. The number of nitrogens with zero attached hydrogens (tertiary/aromatic N) is 4. The molecule has 0 spiro atoms. The molecule has 0 unspecified atom stereocenters. The predicted octanol–water partition coefficient (Wildman–Crippen LogP) is 3.00. The van der Waals surface area contributed by atoms with Gasteiger partial charge in [-0.15, -0.1) is 0 Å². The van der Waals surface area contributed by atoms with Gasteiger partial charge >= 0.3 is 0 Å². The predicted molar refractivity (Wildman–Crippen MR) is 101 cm³/mol. The number of thioether (sulfide) groups is 1. The summed E-state index contributed by atoms with van der Waals surface area (Å²) in [6, 6.07) is 9.76. The molecule has 10 heteroatoms. The molecule has 0 radical (unpaired) electrons.